The van der Waals surface area contributed by atoms with Gasteiger partial charge in [-0.15, -0.1) is 0 Å². The fourth-order valence-corrected chi connectivity index (χ4v) is 3.31. The monoisotopic (exact) mass is 328 g/mol. The minimum absolute atomic E-state index is 0.0460. The van der Waals surface area contributed by atoms with E-state index in [4.69, 9.17) is 11.6 Å². The summed E-state index contributed by atoms with van der Waals surface area (Å²) >= 11 is 5.95. The predicted molar refractivity (Wildman–Crippen MR) is 94.8 cm³/mol. The van der Waals surface area contributed by atoms with Crippen molar-refractivity contribution in [2.45, 2.75) is 38.3 Å². The summed E-state index contributed by atoms with van der Waals surface area (Å²) in [4.78, 5) is 12.4. The largest absolute Gasteiger partial charge is 0.325 e. The maximum Gasteiger partial charge on any atom is 0.241 e. The Labute approximate surface area is 142 Å². The summed E-state index contributed by atoms with van der Waals surface area (Å²) in [6.45, 7) is 1.90. The number of nitrogens with one attached hydrogen (secondary N) is 2. The smallest absolute Gasteiger partial charge is 0.241 e. The molecular formula is C19H21ClN2O. The second-order valence-corrected chi connectivity index (χ2v) is 6.47. The Morgan fingerprint density at radius 3 is 2.87 bits per heavy atom. The molecule has 3 rings (SSSR count). The van der Waals surface area contributed by atoms with Crippen LogP contribution in [-0.2, 0) is 11.2 Å². The van der Waals surface area contributed by atoms with Gasteiger partial charge in [-0.3, -0.25) is 10.1 Å². The average Bonchev–Trinajstić information content (AvgIpc) is 2.55. The summed E-state index contributed by atoms with van der Waals surface area (Å²) in [5.41, 5.74) is 3.43. The van der Waals surface area contributed by atoms with Crippen molar-refractivity contribution in [3.63, 3.8) is 0 Å². The summed E-state index contributed by atoms with van der Waals surface area (Å²) in [5.74, 6) is -0.0460. The highest BCUT2D eigenvalue weighted by Gasteiger charge is 2.23. The predicted octanol–water partition coefficient (Wildman–Crippen LogP) is 4.33. The fraction of sp³-hybridized carbons (Fsp3) is 0.316. The molecule has 0 saturated carbocycles. The van der Waals surface area contributed by atoms with E-state index in [-0.39, 0.29) is 18.0 Å². The van der Waals surface area contributed by atoms with Gasteiger partial charge in [-0.05, 0) is 55.5 Å². The number of anilines is 1. The van der Waals surface area contributed by atoms with Gasteiger partial charge in [0.15, 0.2) is 0 Å². The molecule has 0 aromatic heterocycles. The van der Waals surface area contributed by atoms with Crippen molar-refractivity contribution in [2.75, 3.05) is 5.32 Å². The Bertz CT molecular complexity index is 701. The van der Waals surface area contributed by atoms with Crippen molar-refractivity contribution >= 4 is 23.2 Å². The number of rotatable bonds is 4. The first-order chi connectivity index (χ1) is 11.1. The topological polar surface area (TPSA) is 41.1 Å². The second kappa shape index (κ2) is 7.16. The molecule has 2 atom stereocenters. The third-order valence-electron chi connectivity index (χ3n) is 4.31. The van der Waals surface area contributed by atoms with Gasteiger partial charge >= 0.3 is 0 Å². The van der Waals surface area contributed by atoms with E-state index in [1.54, 1.807) is 12.1 Å². The number of amides is 1. The van der Waals surface area contributed by atoms with Gasteiger partial charge in [0.2, 0.25) is 5.91 Å². The molecule has 0 fully saturated rings. The summed E-state index contributed by atoms with van der Waals surface area (Å²) < 4.78 is 0. The fourth-order valence-electron chi connectivity index (χ4n) is 3.12. The van der Waals surface area contributed by atoms with Crippen LogP contribution in [0.25, 0.3) is 0 Å². The van der Waals surface area contributed by atoms with E-state index in [9.17, 15) is 4.79 Å². The number of carbonyl (C=O) groups is 1. The van der Waals surface area contributed by atoms with Crippen molar-refractivity contribution in [3.8, 4) is 0 Å². The van der Waals surface area contributed by atoms with Crippen molar-refractivity contribution in [1.29, 1.82) is 0 Å². The normalized spacial score (nSPS) is 18.1. The number of aryl methyl sites for hydroxylation is 1. The van der Waals surface area contributed by atoms with Crippen LogP contribution in [0.5, 0.6) is 0 Å². The number of carbonyl (C=O) groups excluding carboxylic acids is 1. The van der Waals surface area contributed by atoms with Gasteiger partial charge in [0.1, 0.15) is 0 Å². The standard InChI is InChI=1S/C19H21ClN2O/c1-13(19(23)22-16-9-5-8-15(20)12-16)21-18-11-4-7-14-6-2-3-10-17(14)18/h2-3,5-6,8-10,12-13,18,21H,4,7,11H2,1H3,(H,22,23). The molecule has 2 N–H and O–H groups in total. The average molecular weight is 329 g/mol. The molecule has 0 aliphatic heterocycles. The molecule has 3 nitrogen and oxygen atoms in total. The summed E-state index contributed by atoms with van der Waals surface area (Å²) in [6.07, 6.45) is 3.33. The summed E-state index contributed by atoms with van der Waals surface area (Å²) in [5, 5.41) is 6.99. The molecule has 2 unspecified atom stereocenters. The van der Waals surface area contributed by atoms with Gasteiger partial charge in [-0.1, -0.05) is 41.9 Å². The Balaban J connectivity index is 1.65. The van der Waals surface area contributed by atoms with Crippen LogP contribution in [0.15, 0.2) is 48.5 Å². The lowest BCUT2D eigenvalue weighted by atomic mass is 9.87. The van der Waals surface area contributed by atoms with Crippen LogP contribution in [0.1, 0.15) is 36.9 Å². The Hall–Kier alpha value is -1.84. The Morgan fingerprint density at radius 1 is 1.22 bits per heavy atom. The number of halogens is 1. The van der Waals surface area contributed by atoms with E-state index in [0.29, 0.717) is 5.02 Å². The van der Waals surface area contributed by atoms with Crippen LogP contribution in [0, 0.1) is 0 Å². The third-order valence-corrected chi connectivity index (χ3v) is 4.54. The number of benzene rings is 2. The lowest BCUT2D eigenvalue weighted by Crippen LogP contribution is -2.41. The molecule has 0 radical (unpaired) electrons. The highest BCUT2D eigenvalue weighted by Crippen LogP contribution is 2.29. The van der Waals surface area contributed by atoms with E-state index in [2.05, 4.69) is 34.9 Å². The first-order valence-corrected chi connectivity index (χ1v) is 8.41. The Kier molecular flexibility index (Phi) is 4.99. The molecule has 1 amide bonds. The SMILES string of the molecule is CC(NC1CCCc2ccccc21)C(=O)Nc1cccc(Cl)c1. The van der Waals surface area contributed by atoms with Crippen molar-refractivity contribution < 1.29 is 4.79 Å². The van der Waals surface area contributed by atoms with Crippen molar-refractivity contribution in [1.82, 2.24) is 5.32 Å². The maximum absolute atomic E-state index is 12.4. The van der Waals surface area contributed by atoms with E-state index in [1.165, 1.54) is 11.1 Å². The first kappa shape index (κ1) is 16.0. The van der Waals surface area contributed by atoms with Crippen LogP contribution in [0.3, 0.4) is 0 Å². The molecule has 23 heavy (non-hydrogen) atoms. The molecule has 1 aliphatic carbocycles. The van der Waals surface area contributed by atoms with Crippen LogP contribution in [-0.4, -0.2) is 11.9 Å². The van der Waals surface area contributed by atoms with Gasteiger partial charge in [0.05, 0.1) is 6.04 Å². The second-order valence-electron chi connectivity index (χ2n) is 6.03. The van der Waals surface area contributed by atoms with Crippen LogP contribution >= 0.6 is 11.6 Å². The summed E-state index contributed by atoms with van der Waals surface area (Å²) in [6, 6.07) is 15.7. The van der Waals surface area contributed by atoms with Crippen molar-refractivity contribution in [2.24, 2.45) is 0 Å². The first-order valence-electron chi connectivity index (χ1n) is 8.04. The van der Waals surface area contributed by atoms with Gasteiger partial charge in [0, 0.05) is 16.8 Å². The minimum atomic E-state index is -0.273. The molecule has 1 aliphatic rings. The highest BCUT2D eigenvalue weighted by atomic mass is 35.5. The van der Waals surface area contributed by atoms with Crippen LogP contribution in [0.4, 0.5) is 5.69 Å². The van der Waals surface area contributed by atoms with Gasteiger partial charge in [-0.2, -0.15) is 0 Å². The molecule has 2 aromatic carbocycles. The molecule has 2 aromatic rings. The van der Waals surface area contributed by atoms with Crippen LogP contribution in [0.2, 0.25) is 5.02 Å². The van der Waals surface area contributed by atoms with Gasteiger partial charge < -0.3 is 5.32 Å². The van der Waals surface area contributed by atoms with E-state index in [0.717, 1.165) is 24.9 Å². The summed E-state index contributed by atoms with van der Waals surface area (Å²) in [7, 11) is 0. The zero-order valence-electron chi connectivity index (χ0n) is 13.2. The molecule has 4 heteroatoms. The zero-order valence-corrected chi connectivity index (χ0v) is 13.9. The number of hydrogen-bond acceptors (Lipinski definition) is 2. The van der Waals surface area contributed by atoms with Crippen LogP contribution < -0.4 is 10.6 Å². The molecular weight excluding hydrogens is 308 g/mol. The zero-order chi connectivity index (χ0) is 16.2. The molecule has 0 heterocycles. The molecule has 120 valence electrons. The van der Waals surface area contributed by atoms with E-state index < -0.39 is 0 Å². The van der Waals surface area contributed by atoms with Gasteiger partial charge in [-0.25, -0.2) is 0 Å². The lowest BCUT2D eigenvalue weighted by Gasteiger charge is -2.28. The Morgan fingerprint density at radius 2 is 2.04 bits per heavy atom. The van der Waals surface area contributed by atoms with E-state index >= 15 is 0 Å². The number of fused-ring (bicyclic) bond motifs is 1. The quantitative estimate of drug-likeness (QED) is 0.876. The van der Waals surface area contributed by atoms with Crippen molar-refractivity contribution in [3.05, 3.63) is 64.7 Å². The molecule has 0 bridgehead atoms. The van der Waals surface area contributed by atoms with Gasteiger partial charge in [0.25, 0.3) is 0 Å². The molecule has 0 saturated heterocycles. The lowest BCUT2D eigenvalue weighted by molar-refractivity contribution is -0.118. The number of hydrogen-bond donors (Lipinski definition) is 2. The maximum atomic E-state index is 12.4. The minimum Gasteiger partial charge on any atom is -0.325 e. The highest BCUT2D eigenvalue weighted by molar-refractivity contribution is 6.30. The third kappa shape index (κ3) is 3.92. The van der Waals surface area contributed by atoms with E-state index in [1.807, 2.05) is 19.1 Å². The molecule has 0 spiro atoms.